The molecule has 2 saturated heterocycles. The highest BCUT2D eigenvalue weighted by atomic mass is 19.1. The van der Waals surface area contributed by atoms with Crippen molar-refractivity contribution in [2.75, 3.05) is 24.3 Å². The number of rotatable bonds is 6. The number of piperidine rings is 1. The Balaban J connectivity index is 1.43. The number of aromatic nitrogens is 6. The van der Waals surface area contributed by atoms with E-state index in [1.807, 2.05) is 0 Å². The molecule has 0 amide bonds. The highest BCUT2D eigenvalue weighted by molar-refractivity contribution is 5.64. The summed E-state index contributed by atoms with van der Waals surface area (Å²) in [5.41, 5.74) is 0.0258. The summed E-state index contributed by atoms with van der Waals surface area (Å²) in [5.74, 6) is -0.0444. The second kappa shape index (κ2) is 9.44. The summed E-state index contributed by atoms with van der Waals surface area (Å²) in [4.78, 5) is 23.7. The molecule has 12 nitrogen and oxygen atoms in total. The van der Waals surface area contributed by atoms with Crippen LogP contribution in [0.4, 0.5) is 21.8 Å². The molecule has 194 valence electrons. The molecule has 4 heterocycles. The molecule has 0 bridgehead atoms. The van der Waals surface area contributed by atoms with Gasteiger partial charge in [0.1, 0.15) is 28.9 Å². The predicted octanol–water partition coefficient (Wildman–Crippen LogP) is 2.34. The summed E-state index contributed by atoms with van der Waals surface area (Å²) >= 11 is 0. The molecule has 2 aliphatic rings. The number of hydrogen-bond acceptors (Lipinski definition) is 10. The lowest BCUT2D eigenvalue weighted by atomic mass is 9.84. The van der Waals surface area contributed by atoms with Gasteiger partial charge in [-0.25, -0.2) is 14.2 Å². The largest absolute Gasteiger partial charge is 0.494 e. The molecule has 0 aliphatic carbocycles. The quantitative estimate of drug-likeness (QED) is 0.510. The summed E-state index contributed by atoms with van der Waals surface area (Å²) in [6.07, 6.45) is 5.64. The standard InChI is InChI=1S/C24H29FN10O2/c1-24(2)11-15(8-16-6-5-7-34(16)24)28-21-14(12-26)13-27-22(30-21)29-18-10-19(20(37-4)9-17(18)25)35-23(36)33(3)31-32-35/h9-10,13,15-16H,5-8,11H2,1-4H3,(H2,27,28,29,30). The number of halogens is 1. The number of fused-ring (bicyclic) bond motifs is 1. The molecule has 2 aromatic heterocycles. The maximum absolute atomic E-state index is 15.0. The number of nitrogens with one attached hydrogen (secondary N) is 2. The van der Waals surface area contributed by atoms with E-state index in [1.54, 1.807) is 0 Å². The third kappa shape index (κ3) is 4.60. The molecule has 5 rings (SSSR count). The van der Waals surface area contributed by atoms with E-state index in [-0.39, 0.29) is 34.7 Å². The lowest BCUT2D eigenvalue weighted by Gasteiger charge is -2.47. The zero-order valence-electron chi connectivity index (χ0n) is 21.2. The van der Waals surface area contributed by atoms with E-state index in [1.165, 1.54) is 32.8 Å². The van der Waals surface area contributed by atoms with E-state index in [9.17, 15) is 14.4 Å². The van der Waals surface area contributed by atoms with Crippen LogP contribution in [0.2, 0.25) is 0 Å². The first-order valence-electron chi connectivity index (χ1n) is 12.1. The second-order valence-electron chi connectivity index (χ2n) is 10.1. The van der Waals surface area contributed by atoms with Gasteiger partial charge in [-0.1, -0.05) is 0 Å². The Morgan fingerprint density at radius 2 is 2.11 bits per heavy atom. The van der Waals surface area contributed by atoms with E-state index in [4.69, 9.17) is 4.74 Å². The summed E-state index contributed by atoms with van der Waals surface area (Å²) in [6, 6.07) is 5.29. The maximum Gasteiger partial charge on any atom is 0.368 e. The van der Waals surface area contributed by atoms with E-state index in [2.05, 4.69) is 55.8 Å². The minimum absolute atomic E-state index is 0.00408. The van der Waals surface area contributed by atoms with Gasteiger partial charge in [-0.3, -0.25) is 4.90 Å². The van der Waals surface area contributed by atoms with Crippen LogP contribution in [0.5, 0.6) is 5.75 Å². The van der Waals surface area contributed by atoms with E-state index < -0.39 is 11.5 Å². The highest BCUT2D eigenvalue weighted by Crippen LogP contribution is 2.38. The van der Waals surface area contributed by atoms with E-state index in [0.29, 0.717) is 17.4 Å². The van der Waals surface area contributed by atoms with Crippen LogP contribution >= 0.6 is 0 Å². The number of hydrogen-bond donors (Lipinski definition) is 2. The molecule has 2 unspecified atom stereocenters. The van der Waals surface area contributed by atoms with Gasteiger partial charge in [0, 0.05) is 30.7 Å². The van der Waals surface area contributed by atoms with Crippen LogP contribution in [0.1, 0.15) is 45.1 Å². The maximum atomic E-state index is 15.0. The molecule has 3 aromatic rings. The van der Waals surface area contributed by atoms with Crippen molar-refractivity contribution in [2.24, 2.45) is 7.05 Å². The summed E-state index contributed by atoms with van der Waals surface area (Å²) < 4.78 is 22.3. The Hall–Kier alpha value is -4.05. The van der Waals surface area contributed by atoms with E-state index in [0.717, 1.165) is 41.2 Å². The van der Waals surface area contributed by atoms with Crippen molar-refractivity contribution in [1.29, 1.82) is 5.26 Å². The molecule has 0 radical (unpaired) electrons. The number of aryl methyl sites for hydroxylation is 1. The highest BCUT2D eigenvalue weighted by Gasteiger charge is 2.43. The van der Waals surface area contributed by atoms with E-state index >= 15 is 0 Å². The number of anilines is 3. The number of nitriles is 1. The molecule has 2 aliphatic heterocycles. The number of ether oxygens (including phenoxy) is 1. The van der Waals surface area contributed by atoms with Gasteiger partial charge < -0.3 is 15.4 Å². The third-order valence-corrected chi connectivity index (χ3v) is 7.17. The molecular weight excluding hydrogens is 479 g/mol. The van der Waals surface area contributed by atoms with Crippen LogP contribution in [-0.4, -0.2) is 65.9 Å². The minimum atomic E-state index is -0.643. The van der Waals surface area contributed by atoms with Crippen LogP contribution in [0.15, 0.2) is 23.1 Å². The Labute approximate surface area is 213 Å². The van der Waals surface area contributed by atoms with Gasteiger partial charge >= 0.3 is 5.69 Å². The molecule has 1 aromatic carbocycles. The average molecular weight is 509 g/mol. The van der Waals surface area contributed by atoms with Crippen LogP contribution in [0.25, 0.3) is 5.69 Å². The van der Waals surface area contributed by atoms with Gasteiger partial charge in [0.2, 0.25) is 5.95 Å². The molecule has 37 heavy (non-hydrogen) atoms. The van der Waals surface area contributed by atoms with Gasteiger partial charge in [-0.05, 0) is 62.6 Å². The van der Waals surface area contributed by atoms with Gasteiger partial charge in [0.05, 0.1) is 19.0 Å². The minimum Gasteiger partial charge on any atom is -0.494 e. The molecular formula is C24H29FN10O2. The number of nitrogens with zero attached hydrogens (tertiary/aromatic N) is 8. The number of tetrazole rings is 1. The SMILES string of the molecule is COc1cc(F)c(Nc2ncc(C#N)c(NC3CC4CCCN4C(C)(C)C3)n2)cc1-n1nnn(C)c1=O. The number of benzene rings is 1. The lowest BCUT2D eigenvalue weighted by Crippen LogP contribution is -2.55. The third-order valence-electron chi connectivity index (χ3n) is 7.17. The Morgan fingerprint density at radius 1 is 1.30 bits per heavy atom. The first-order valence-corrected chi connectivity index (χ1v) is 12.1. The first kappa shape index (κ1) is 24.6. The normalized spacial score (nSPS) is 20.8. The molecule has 2 fully saturated rings. The van der Waals surface area contributed by atoms with Crippen LogP contribution in [0, 0.1) is 17.1 Å². The Bertz CT molecular complexity index is 1430. The molecule has 0 spiro atoms. The van der Waals surface area contributed by atoms with Crippen LogP contribution < -0.4 is 21.1 Å². The van der Waals surface area contributed by atoms with Crippen LogP contribution in [0.3, 0.4) is 0 Å². The fourth-order valence-corrected chi connectivity index (χ4v) is 5.50. The fourth-order valence-electron chi connectivity index (χ4n) is 5.50. The van der Waals surface area contributed by atoms with Gasteiger partial charge in [-0.15, -0.1) is 0 Å². The van der Waals surface area contributed by atoms with Gasteiger partial charge in [0.15, 0.2) is 5.82 Å². The predicted molar refractivity (Wildman–Crippen MR) is 134 cm³/mol. The molecule has 2 N–H and O–H groups in total. The monoisotopic (exact) mass is 508 g/mol. The van der Waals surface area contributed by atoms with Crippen molar-refractivity contribution in [1.82, 2.24) is 34.7 Å². The molecule has 2 atom stereocenters. The number of methoxy groups -OCH3 is 1. The first-order chi connectivity index (χ1) is 17.7. The lowest BCUT2D eigenvalue weighted by molar-refractivity contribution is 0.0501. The zero-order valence-corrected chi connectivity index (χ0v) is 21.2. The summed E-state index contributed by atoms with van der Waals surface area (Å²) in [5, 5.41) is 23.5. The molecule has 13 heteroatoms. The van der Waals surface area contributed by atoms with Gasteiger partial charge in [0.25, 0.3) is 0 Å². The summed E-state index contributed by atoms with van der Waals surface area (Å²) in [6.45, 7) is 5.62. The van der Waals surface area contributed by atoms with Crippen molar-refractivity contribution in [3.8, 4) is 17.5 Å². The van der Waals surface area contributed by atoms with Crippen molar-refractivity contribution in [2.45, 2.75) is 57.2 Å². The Kier molecular flexibility index (Phi) is 6.28. The zero-order chi connectivity index (χ0) is 26.3. The second-order valence-corrected chi connectivity index (χ2v) is 10.1. The van der Waals surface area contributed by atoms with Gasteiger partial charge in [-0.2, -0.15) is 19.6 Å². The van der Waals surface area contributed by atoms with Crippen molar-refractivity contribution in [3.63, 3.8) is 0 Å². The average Bonchev–Trinajstić information content (AvgIpc) is 3.47. The van der Waals surface area contributed by atoms with Crippen LogP contribution in [-0.2, 0) is 7.05 Å². The topological polar surface area (TPSA) is 139 Å². The van der Waals surface area contributed by atoms with Crippen molar-refractivity contribution in [3.05, 3.63) is 40.2 Å². The van der Waals surface area contributed by atoms with Crippen molar-refractivity contribution < 1.29 is 9.13 Å². The fraction of sp³-hybridized carbons (Fsp3) is 0.500. The smallest absolute Gasteiger partial charge is 0.368 e. The molecule has 0 saturated carbocycles. The summed E-state index contributed by atoms with van der Waals surface area (Å²) in [7, 11) is 2.82. The Morgan fingerprint density at radius 3 is 2.81 bits per heavy atom. The van der Waals surface area contributed by atoms with Crippen molar-refractivity contribution >= 4 is 17.5 Å².